The molecule has 0 spiro atoms. The van der Waals surface area contributed by atoms with Crippen LogP contribution in [-0.2, 0) is 9.53 Å². The highest BCUT2D eigenvalue weighted by Gasteiger charge is 2.29. The van der Waals surface area contributed by atoms with Gasteiger partial charge in [-0.15, -0.1) is 0 Å². The van der Waals surface area contributed by atoms with E-state index in [1.165, 1.54) is 56.9 Å². The van der Waals surface area contributed by atoms with Gasteiger partial charge in [-0.2, -0.15) is 0 Å². The molecule has 0 saturated heterocycles. The highest BCUT2D eigenvalue weighted by molar-refractivity contribution is 5.69. The van der Waals surface area contributed by atoms with Gasteiger partial charge in [-0.1, -0.05) is 89.5 Å². The largest absolute Gasteiger partial charge is 0.490 e. The molecule has 1 aliphatic rings. The van der Waals surface area contributed by atoms with E-state index in [0.29, 0.717) is 13.0 Å². The maximum atomic E-state index is 12.4. The third-order valence-electron chi connectivity index (χ3n) is 6.12. The average molecular weight is 415 g/mol. The van der Waals surface area contributed by atoms with Gasteiger partial charge < -0.3 is 9.47 Å². The van der Waals surface area contributed by atoms with Crippen LogP contribution in [0.4, 0.5) is 0 Å². The van der Waals surface area contributed by atoms with Crippen LogP contribution in [0.25, 0.3) is 0 Å². The molecule has 1 aromatic carbocycles. The third-order valence-corrected chi connectivity index (χ3v) is 6.12. The normalized spacial score (nSPS) is 18.7. The number of carbonyl (C=O) groups is 1. The van der Waals surface area contributed by atoms with Gasteiger partial charge in [0.15, 0.2) is 0 Å². The van der Waals surface area contributed by atoms with Crippen LogP contribution in [0, 0.1) is 0 Å². The van der Waals surface area contributed by atoms with Crippen LogP contribution in [0.5, 0.6) is 5.75 Å². The van der Waals surface area contributed by atoms with E-state index in [1.54, 1.807) is 6.08 Å². The molecule has 30 heavy (non-hydrogen) atoms. The fourth-order valence-corrected chi connectivity index (χ4v) is 4.42. The minimum atomic E-state index is -0.0195. The smallest absolute Gasteiger partial charge is 0.306 e. The maximum absolute atomic E-state index is 12.4. The van der Waals surface area contributed by atoms with Crippen LogP contribution in [-0.4, -0.2) is 18.7 Å². The Hall–Kier alpha value is -1.77. The van der Waals surface area contributed by atoms with Crippen molar-refractivity contribution in [3.63, 3.8) is 0 Å². The summed E-state index contributed by atoms with van der Waals surface area (Å²) in [7, 11) is 0. The number of ether oxygens (including phenoxy) is 2. The van der Waals surface area contributed by atoms with Crippen LogP contribution in [0.2, 0.25) is 0 Å². The first-order valence-electron chi connectivity index (χ1n) is 12.3. The Bertz CT molecular complexity index is 610. The second kappa shape index (κ2) is 15.1. The summed E-state index contributed by atoms with van der Waals surface area (Å²) >= 11 is 0. The van der Waals surface area contributed by atoms with Crippen LogP contribution < -0.4 is 4.74 Å². The van der Waals surface area contributed by atoms with E-state index >= 15 is 0 Å². The molecule has 1 fully saturated rings. The maximum Gasteiger partial charge on any atom is 0.306 e. The van der Waals surface area contributed by atoms with E-state index < -0.39 is 0 Å². The number of hydrogen-bond donors (Lipinski definition) is 0. The summed E-state index contributed by atoms with van der Waals surface area (Å²) in [6.45, 7) is 6.47. The van der Waals surface area contributed by atoms with Gasteiger partial charge in [0, 0.05) is 12.3 Å². The van der Waals surface area contributed by atoms with E-state index in [2.05, 4.69) is 25.6 Å². The zero-order chi connectivity index (χ0) is 21.4. The van der Waals surface area contributed by atoms with Crippen LogP contribution >= 0.6 is 0 Å². The predicted molar refractivity (Wildman–Crippen MR) is 125 cm³/mol. The first-order valence-corrected chi connectivity index (χ1v) is 12.3. The molecule has 168 valence electrons. The number of unbranched alkanes of at least 4 members (excludes halogenated alkanes) is 8. The lowest BCUT2D eigenvalue weighted by Crippen LogP contribution is -2.28. The minimum absolute atomic E-state index is 0.000491. The third kappa shape index (κ3) is 9.36. The first-order chi connectivity index (χ1) is 14.7. The molecular weight excluding hydrogens is 372 g/mol. The Morgan fingerprint density at radius 3 is 2.47 bits per heavy atom. The Labute approximate surface area is 184 Å². The van der Waals surface area contributed by atoms with E-state index in [1.807, 2.05) is 12.1 Å². The number of carbonyl (C=O) groups excluding carboxylic acids is 1. The molecule has 1 aliphatic carbocycles. The van der Waals surface area contributed by atoms with Crippen molar-refractivity contribution in [1.29, 1.82) is 0 Å². The Kier molecular flexibility index (Phi) is 12.3. The number of esters is 1. The molecule has 3 nitrogen and oxygen atoms in total. The molecule has 0 aromatic heterocycles. The number of benzene rings is 1. The second-order valence-electron chi connectivity index (χ2n) is 8.67. The fourth-order valence-electron chi connectivity index (χ4n) is 4.42. The average Bonchev–Trinajstić information content (AvgIpc) is 2.77. The van der Waals surface area contributed by atoms with E-state index in [-0.39, 0.29) is 18.0 Å². The quantitative estimate of drug-likeness (QED) is 0.167. The monoisotopic (exact) mass is 414 g/mol. The zero-order valence-corrected chi connectivity index (χ0v) is 19.1. The molecule has 2 rings (SSSR count). The molecule has 2 atom stereocenters. The van der Waals surface area contributed by atoms with E-state index in [9.17, 15) is 4.79 Å². The van der Waals surface area contributed by atoms with E-state index in [0.717, 1.165) is 37.9 Å². The SMILES string of the molecule is C=CCOc1cccc([C@H]2CCCC[C@@H]2OC(=O)CCCCCCCCCCC)c1. The predicted octanol–water partition coefficient (Wildman–Crippen LogP) is 7.74. The standard InChI is InChI=1S/C27H42O3/c1-3-5-6-7-8-9-10-11-12-20-27(28)30-26-19-14-13-18-25(26)23-16-15-17-24(22-23)29-21-4-2/h4,15-17,22,25-26H,2-3,5-14,18-21H2,1H3/t25-,26+/m1/s1. The van der Waals surface area contributed by atoms with Crippen LogP contribution in [0.1, 0.15) is 108 Å². The summed E-state index contributed by atoms with van der Waals surface area (Å²) in [5.41, 5.74) is 1.22. The lowest BCUT2D eigenvalue weighted by Gasteiger charge is -2.31. The number of hydrogen-bond acceptors (Lipinski definition) is 3. The molecule has 0 amide bonds. The van der Waals surface area contributed by atoms with Crippen LogP contribution in [0.3, 0.4) is 0 Å². The summed E-state index contributed by atoms with van der Waals surface area (Å²) < 4.78 is 11.6. The van der Waals surface area contributed by atoms with Crippen molar-refractivity contribution >= 4 is 5.97 Å². The molecule has 0 radical (unpaired) electrons. The van der Waals surface area contributed by atoms with Gasteiger partial charge >= 0.3 is 5.97 Å². The molecule has 0 heterocycles. The summed E-state index contributed by atoms with van der Waals surface area (Å²) in [4.78, 5) is 12.4. The van der Waals surface area contributed by atoms with Gasteiger partial charge in [0.1, 0.15) is 18.5 Å². The Morgan fingerprint density at radius 1 is 1.03 bits per heavy atom. The molecule has 1 saturated carbocycles. The second-order valence-corrected chi connectivity index (χ2v) is 8.67. The Morgan fingerprint density at radius 2 is 1.73 bits per heavy atom. The summed E-state index contributed by atoms with van der Waals surface area (Å²) in [5.74, 6) is 1.12. The highest BCUT2D eigenvalue weighted by Crippen LogP contribution is 2.36. The van der Waals surface area contributed by atoms with Crippen molar-refractivity contribution in [2.45, 2.75) is 109 Å². The molecule has 3 heteroatoms. The van der Waals surface area contributed by atoms with Gasteiger partial charge in [0.05, 0.1) is 0 Å². The molecular formula is C27H42O3. The summed E-state index contributed by atoms with van der Waals surface area (Å²) in [5, 5.41) is 0. The van der Waals surface area contributed by atoms with Crippen molar-refractivity contribution < 1.29 is 14.3 Å². The minimum Gasteiger partial charge on any atom is -0.490 e. The van der Waals surface area contributed by atoms with Crippen molar-refractivity contribution in [2.75, 3.05) is 6.61 Å². The van der Waals surface area contributed by atoms with Crippen LogP contribution in [0.15, 0.2) is 36.9 Å². The molecule has 0 aliphatic heterocycles. The lowest BCUT2D eigenvalue weighted by atomic mass is 9.81. The van der Waals surface area contributed by atoms with Gasteiger partial charge in [-0.05, 0) is 43.4 Å². The van der Waals surface area contributed by atoms with Crippen molar-refractivity contribution in [2.24, 2.45) is 0 Å². The van der Waals surface area contributed by atoms with E-state index in [4.69, 9.17) is 9.47 Å². The zero-order valence-electron chi connectivity index (χ0n) is 19.1. The molecule has 1 aromatic rings. The van der Waals surface area contributed by atoms with Crippen molar-refractivity contribution in [3.8, 4) is 5.75 Å². The van der Waals surface area contributed by atoms with Crippen molar-refractivity contribution in [1.82, 2.24) is 0 Å². The topological polar surface area (TPSA) is 35.5 Å². The van der Waals surface area contributed by atoms with Gasteiger partial charge in [0.25, 0.3) is 0 Å². The van der Waals surface area contributed by atoms with Gasteiger partial charge in [-0.25, -0.2) is 0 Å². The summed E-state index contributed by atoms with van der Waals surface area (Å²) in [6, 6.07) is 8.24. The Balaban J connectivity index is 1.72. The van der Waals surface area contributed by atoms with Gasteiger partial charge in [0.2, 0.25) is 0 Å². The first kappa shape index (κ1) is 24.5. The van der Waals surface area contributed by atoms with Gasteiger partial charge in [-0.3, -0.25) is 4.79 Å². The highest BCUT2D eigenvalue weighted by atomic mass is 16.5. The lowest BCUT2D eigenvalue weighted by molar-refractivity contribution is -0.151. The summed E-state index contributed by atoms with van der Waals surface area (Å²) in [6.07, 6.45) is 18.0. The molecule has 0 N–H and O–H groups in total. The number of rotatable bonds is 15. The fraction of sp³-hybridized carbons (Fsp3) is 0.667. The van der Waals surface area contributed by atoms with Crippen molar-refractivity contribution in [3.05, 3.63) is 42.5 Å². The molecule has 0 bridgehead atoms. The molecule has 0 unspecified atom stereocenters.